The number of ether oxygens (including phenoxy) is 1. The Labute approximate surface area is 147 Å². The van der Waals surface area contributed by atoms with Gasteiger partial charge in [-0.15, -0.1) is 0 Å². The van der Waals surface area contributed by atoms with Crippen LogP contribution in [0.2, 0.25) is 0 Å². The van der Waals surface area contributed by atoms with Crippen LogP contribution in [-0.2, 0) is 6.42 Å². The van der Waals surface area contributed by atoms with Crippen LogP contribution >= 0.6 is 0 Å². The van der Waals surface area contributed by atoms with Crippen LogP contribution in [0, 0.1) is 11.8 Å². The third-order valence-corrected chi connectivity index (χ3v) is 5.66. The minimum atomic E-state index is 0.348. The number of piperidine rings is 1. The van der Waals surface area contributed by atoms with Gasteiger partial charge in [-0.05, 0) is 54.4 Å². The number of nitrogens with zero attached hydrogens (tertiary/aromatic N) is 1. The van der Waals surface area contributed by atoms with E-state index in [0.717, 1.165) is 25.2 Å². The summed E-state index contributed by atoms with van der Waals surface area (Å²) < 4.78 is 5.91. The molecule has 3 rings (SSSR count). The SMILES string of the molecule is CCCCC1CN2CCc3cc(OCC(C)C)ccc3C2CC1N. The van der Waals surface area contributed by atoms with Crippen molar-refractivity contribution in [2.24, 2.45) is 17.6 Å². The molecule has 2 aliphatic heterocycles. The first kappa shape index (κ1) is 17.8. The molecule has 1 aromatic carbocycles. The van der Waals surface area contributed by atoms with E-state index in [0.29, 0.717) is 23.9 Å². The fourth-order valence-corrected chi connectivity index (χ4v) is 4.25. The number of nitrogens with two attached hydrogens (primary N) is 1. The Morgan fingerprint density at radius 3 is 2.92 bits per heavy atom. The van der Waals surface area contributed by atoms with E-state index in [1.54, 1.807) is 0 Å². The van der Waals surface area contributed by atoms with Crippen LogP contribution in [-0.4, -0.2) is 30.6 Å². The Bertz CT molecular complexity index is 543. The maximum Gasteiger partial charge on any atom is 0.119 e. The molecule has 0 bridgehead atoms. The van der Waals surface area contributed by atoms with E-state index < -0.39 is 0 Å². The summed E-state index contributed by atoms with van der Waals surface area (Å²) in [5.41, 5.74) is 9.50. The van der Waals surface area contributed by atoms with Crippen LogP contribution < -0.4 is 10.5 Å². The van der Waals surface area contributed by atoms with E-state index in [4.69, 9.17) is 10.5 Å². The highest BCUT2D eigenvalue weighted by Crippen LogP contribution is 2.40. The number of hydrogen-bond donors (Lipinski definition) is 1. The molecule has 0 aliphatic carbocycles. The van der Waals surface area contributed by atoms with Crippen molar-refractivity contribution in [1.82, 2.24) is 4.90 Å². The fourth-order valence-electron chi connectivity index (χ4n) is 4.25. The first-order valence-electron chi connectivity index (χ1n) is 9.83. The lowest BCUT2D eigenvalue weighted by molar-refractivity contribution is 0.0785. The summed E-state index contributed by atoms with van der Waals surface area (Å²) in [6, 6.07) is 7.57. The topological polar surface area (TPSA) is 38.5 Å². The molecule has 0 radical (unpaired) electrons. The van der Waals surface area contributed by atoms with Crippen molar-refractivity contribution in [1.29, 1.82) is 0 Å². The number of fused-ring (bicyclic) bond motifs is 3. The summed E-state index contributed by atoms with van der Waals surface area (Å²) in [7, 11) is 0. The first-order valence-corrected chi connectivity index (χ1v) is 9.83. The molecule has 3 nitrogen and oxygen atoms in total. The molecule has 0 spiro atoms. The molecule has 24 heavy (non-hydrogen) atoms. The van der Waals surface area contributed by atoms with Gasteiger partial charge in [0, 0.05) is 25.2 Å². The average molecular weight is 331 g/mol. The molecule has 1 aromatic rings. The molecule has 2 heterocycles. The van der Waals surface area contributed by atoms with Crippen LogP contribution in [0.1, 0.15) is 63.6 Å². The van der Waals surface area contributed by atoms with Crippen molar-refractivity contribution >= 4 is 0 Å². The summed E-state index contributed by atoms with van der Waals surface area (Å²) in [5.74, 6) is 2.26. The lowest BCUT2D eigenvalue weighted by Gasteiger charge is -2.46. The minimum Gasteiger partial charge on any atom is -0.493 e. The third kappa shape index (κ3) is 3.94. The number of hydrogen-bond acceptors (Lipinski definition) is 3. The summed E-state index contributed by atoms with van der Waals surface area (Å²) in [4.78, 5) is 2.68. The molecule has 134 valence electrons. The molecular weight excluding hydrogens is 296 g/mol. The Morgan fingerprint density at radius 2 is 2.17 bits per heavy atom. The van der Waals surface area contributed by atoms with Gasteiger partial charge in [-0.1, -0.05) is 39.7 Å². The zero-order valence-electron chi connectivity index (χ0n) is 15.6. The standard InChI is InChI=1S/C21H34N2O/c1-4-5-6-17-13-23-10-9-16-11-18(24-14-15(2)3)7-8-19(16)21(23)12-20(17)22/h7-8,11,15,17,20-21H,4-6,9-10,12-14,22H2,1-3H3. The van der Waals surface area contributed by atoms with Gasteiger partial charge in [0.2, 0.25) is 0 Å². The molecule has 2 N–H and O–H groups in total. The molecule has 1 saturated heterocycles. The molecule has 0 amide bonds. The summed E-state index contributed by atoms with van der Waals surface area (Å²) in [5, 5.41) is 0. The van der Waals surface area contributed by atoms with Crippen molar-refractivity contribution in [3.8, 4) is 5.75 Å². The zero-order chi connectivity index (χ0) is 17.1. The lowest BCUT2D eigenvalue weighted by Crippen LogP contribution is -2.50. The normalized spacial score (nSPS) is 27.0. The van der Waals surface area contributed by atoms with Gasteiger partial charge in [0.1, 0.15) is 5.75 Å². The highest BCUT2D eigenvalue weighted by atomic mass is 16.5. The second kappa shape index (κ2) is 7.88. The highest BCUT2D eigenvalue weighted by Gasteiger charge is 2.36. The van der Waals surface area contributed by atoms with E-state index in [9.17, 15) is 0 Å². The van der Waals surface area contributed by atoms with Gasteiger partial charge >= 0.3 is 0 Å². The van der Waals surface area contributed by atoms with Gasteiger partial charge in [0.25, 0.3) is 0 Å². The number of unbranched alkanes of at least 4 members (excludes halogenated alkanes) is 1. The van der Waals surface area contributed by atoms with Crippen molar-refractivity contribution in [2.45, 2.75) is 65.0 Å². The van der Waals surface area contributed by atoms with Crippen LogP contribution in [0.5, 0.6) is 5.75 Å². The Morgan fingerprint density at radius 1 is 1.33 bits per heavy atom. The predicted molar refractivity (Wildman–Crippen MR) is 100 cm³/mol. The van der Waals surface area contributed by atoms with E-state index in [1.807, 2.05) is 0 Å². The first-order chi connectivity index (χ1) is 11.6. The smallest absolute Gasteiger partial charge is 0.119 e. The van der Waals surface area contributed by atoms with Gasteiger partial charge in [0.15, 0.2) is 0 Å². The van der Waals surface area contributed by atoms with Crippen molar-refractivity contribution in [2.75, 3.05) is 19.7 Å². The lowest BCUT2D eigenvalue weighted by atomic mass is 9.79. The molecule has 2 aliphatic rings. The van der Waals surface area contributed by atoms with E-state index in [-0.39, 0.29) is 0 Å². The second-order valence-electron chi connectivity index (χ2n) is 8.13. The van der Waals surface area contributed by atoms with Gasteiger partial charge in [-0.25, -0.2) is 0 Å². The van der Waals surface area contributed by atoms with Gasteiger partial charge in [-0.2, -0.15) is 0 Å². The number of benzene rings is 1. The Kier molecular flexibility index (Phi) is 5.83. The van der Waals surface area contributed by atoms with E-state index >= 15 is 0 Å². The molecule has 3 unspecified atom stereocenters. The second-order valence-corrected chi connectivity index (χ2v) is 8.13. The molecule has 0 saturated carbocycles. The zero-order valence-corrected chi connectivity index (χ0v) is 15.6. The van der Waals surface area contributed by atoms with Crippen LogP contribution in [0.3, 0.4) is 0 Å². The fraction of sp³-hybridized carbons (Fsp3) is 0.714. The van der Waals surface area contributed by atoms with Gasteiger partial charge < -0.3 is 10.5 Å². The maximum atomic E-state index is 6.54. The number of rotatable bonds is 6. The van der Waals surface area contributed by atoms with E-state index in [1.165, 1.54) is 43.5 Å². The van der Waals surface area contributed by atoms with E-state index in [2.05, 4.69) is 43.9 Å². The quantitative estimate of drug-likeness (QED) is 0.851. The predicted octanol–water partition coefficient (Wildman–Crippen LogP) is 4.16. The maximum absolute atomic E-state index is 6.54. The molecule has 1 fully saturated rings. The monoisotopic (exact) mass is 330 g/mol. The van der Waals surface area contributed by atoms with Gasteiger partial charge in [-0.3, -0.25) is 4.90 Å². The van der Waals surface area contributed by atoms with Crippen molar-refractivity contribution in [3.05, 3.63) is 29.3 Å². The average Bonchev–Trinajstić information content (AvgIpc) is 2.58. The Hall–Kier alpha value is -1.06. The third-order valence-electron chi connectivity index (χ3n) is 5.66. The molecule has 3 heteroatoms. The highest BCUT2D eigenvalue weighted by molar-refractivity contribution is 5.39. The summed E-state index contributed by atoms with van der Waals surface area (Å²) in [6.45, 7) is 9.78. The van der Waals surface area contributed by atoms with Crippen molar-refractivity contribution < 1.29 is 4.74 Å². The van der Waals surface area contributed by atoms with Gasteiger partial charge in [0.05, 0.1) is 6.61 Å². The molecular formula is C21H34N2O. The Balaban J connectivity index is 1.70. The van der Waals surface area contributed by atoms with Crippen LogP contribution in [0.25, 0.3) is 0 Å². The van der Waals surface area contributed by atoms with Crippen LogP contribution in [0.4, 0.5) is 0 Å². The summed E-state index contributed by atoms with van der Waals surface area (Å²) in [6.07, 6.45) is 6.11. The molecule has 3 atom stereocenters. The molecule has 0 aromatic heterocycles. The van der Waals surface area contributed by atoms with Crippen LogP contribution in [0.15, 0.2) is 18.2 Å². The largest absolute Gasteiger partial charge is 0.493 e. The summed E-state index contributed by atoms with van der Waals surface area (Å²) >= 11 is 0. The minimum absolute atomic E-state index is 0.348. The van der Waals surface area contributed by atoms with Crippen molar-refractivity contribution in [3.63, 3.8) is 0 Å².